The van der Waals surface area contributed by atoms with E-state index in [0.717, 1.165) is 0 Å². The third kappa shape index (κ3) is 5.51. The van der Waals surface area contributed by atoms with Gasteiger partial charge in [0, 0.05) is 26.1 Å². The van der Waals surface area contributed by atoms with Crippen LogP contribution in [0.25, 0.3) is 0 Å². The second-order valence-corrected chi connectivity index (χ2v) is 5.69. The zero-order valence-corrected chi connectivity index (χ0v) is 13.7. The Labute approximate surface area is 147 Å². The van der Waals surface area contributed by atoms with E-state index in [1.807, 2.05) is 0 Å². The van der Waals surface area contributed by atoms with E-state index in [4.69, 9.17) is 9.47 Å². The quantitative estimate of drug-likeness (QED) is 0.752. The summed E-state index contributed by atoms with van der Waals surface area (Å²) in [5.74, 6) is -2.11. The number of carboxylic acid groups (broad SMARTS) is 1. The van der Waals surface area contributed by atoms with Crippen LogP contribution in [-0.2, 0) is 14.3 Å². The van der Waals surface area contributed by atoms with Crippen LogP contribution in [-0.4, -0.2) is 55.1 Å². The van der Waals surface area contributed by atoms with Crippen LogP contribution in [0, 0.1) is 0 Å². The van der Waals surface area contributed by atoms with Gasteiger partial charge in [0.15, 0.2) is 24.7 Å². The van der Waals surface area contributed by atoms with Crippen molar-refractivity contribution in [3.63, 3.8) is 0 Å². The molecule has 0 radical (unpaired) electrons. The van der Waals surface area contributed by atoms with Crippen LogP contribution in [0.5, 0.6) is 11.5 Å². The Balaban J connectivity index is 1.95. The van der Waals surface area contributed by atoms with Crippen LogP contribution in [0.4, 0.5) is 13.2 Å². The van der Waals surface area contributed by atoms with E-state index >= 15 is 0 Å². The van der Waals surface area contributed by atoms with Crippen molar-refractivity contribution in [2.75, 3.05) is 26.4 Å². The predicted molar refractivity (Wildman–Crippen MR) is 82.0 cm³/mol. The topological polar surface area (TPSA) is 94.1 Å². The number of nitrogens with one attached hydrogen (secondary N) is 1. The SMILES string of the molecule is O=C(COc1ccccc1OCC(F)(F)F)NC1(C(=O)O)CCOCC1. The van der Waals surface area contributed by atoms with Gasteiger partial charge in [0.25, 0.3) is 5.91 Å². The fraction of sp³-hybridized carbons (Fsp3) is 0.500. The van der Waals surface area contributed by atoms with Crippen LogP contribution >= 0.6 is 0 Å². The van der Waals surface area contributed by atoms with Gasteiger partial charge in [-0.1, -0.05) is 12.1 Å². The number of alkyl halides is 3. The monoisotopic (exact) mass is 377 g/mol. The summed E-state index contributed by atoms with van der Waals surface area (Å²) >= 11 is 0. The highest BCUT2D eigenvalue weighted by molar-refractivity contribution is 5.87. The van der Waals surface area contributed by atoms with Gasteiger partial charge >= 0.3 is 12.1 Å². The van der Waals surface area contributed by atoms with Crippen molar-refractivity contribution in [1.82, 2.24) is 5.32 Å². The standard InChI is InChI=1S/C16H18F3NO6/c17-16(18,19)10-26-12-4-2-1-3-11(12)25-9-13(21)20-15(14(22)23)5-7-24-8-6-15/h1-4H,5-10H2,(H,20,21)(H,22,23). The fourth-order valence-electron chi connectivity index (χ4n) is 2.41. The smallest absolute Gasteiger partial charge is 0.422 e. The molecule has 0 bridgehead atoms. The molecule has 0 aliphatic carbocycles. The van der Waals surface area contributed by atoms with Crippen LogP contribution in [0.15, 0.2) is 24.3 Å². The molecule has 26 heavy (non-hydrogen) atoms. The van der Waals surface area contributed by atoms with E-state index in [-0.39, 0.29) is 37.6 Å². The van der Waals surface area contributed by atoms with Crippen molar-refractivity contribution < 1.29 is 42.1 Å². The first-order valence-corrected chi connectivity index (χ1v) is 7.75. The van der Waals surface area contributed by atoms with Crippen molar-refractivity contribution in [3.8, 4) is 11.5 Å². The highest BCUT2D eigenvalue weighted by atomic mass is 19.4. The van der Waals surface area contributed by atoms with Gasteiger partial charge in [-0.15, -0.1) is 0 Å². The molecule has 2 N–H and O–H groups in total. The number of rotatable bonds is 7. The van der Waals surface area contributed by atoms with E-state index in [1.165, 1.54) is 24.3 Å². The van der Waals surface area contributed by atoms with Crippen LogP contribution in [0.3, 0.4) is 0 Å². The molecule has 1 saturated heterocycles. The maximum Gasteiger partial charge on any atom is 0.422 e. The number of amides is 1. The van der Waals surface area contributed by atoms with Crippen molar-refractivity contribution >= 4 is 11.9 Å². The lowest BCUT2D eigenvalue weighted by atomic mass is 9.90. The van der Waals surface area contributed by atoms with Gasteiger partial charge in [-0.2, -0.15) is 13.2 Å². The van der Waals surface area contributed by atoms with Crippen molar-refractivity contribution in [3.05, 3.63) is 24.3 Å². The number of hydrogen-bond donors (Lipinski definition) is 2. The molecule has 10 heteroatoms. The fourth-order valence-corrected chi connectivity index (χ4v) is 2.41. The molecule has 1 fully saturated rings. The zero-order chi connectivity index (χ0) is 19.2. The van der Waals surface area contributed by atoms with Crippen LogP contribution < -0.4 is 14.8 Å². The number of carbonyl (C=O) groups excluding carboxylic acids is 1. The Hall–Kier alpha value is -2.49. The Morgan fingerprint density at radius 3 is 2.27 bits per heavy atom. The summed E-state index contributed by atoms with van der Waals surface area (Å²) in [6, 6.07) is 5.58. The largest absolute Gasteiger partial charge is 0.480 e. The molecule has 7 nitrogen and oxygen atoms in total. The summed E-state index contributed by atoms with van der Waals surface area (Å²) < 4.78 is 51.8. The molecule has 0 atom stereocenters. The predicted octanol–water partition coefficient (Wildman–Crippen LogP) is 1.76. The summed E-state index contributed by atoms with van der Waals surface area (Å²) in [4.78, 5) is 23.5. The molecule has 1 aromatic rings. The minimum Gasteiger partial charge on any atom is -0.480 e. The van der Waals surface area contributed by atoms with Crippen LogP contribution in [0.1, 0.15) is 12.8 Å². The first-order valence-electron chi connectivity index (χ1n) is 7.75. The summed E-state index contributed by atoms with van der Waals surface area (Å²) in [7, 11) is 0. The number of hydrogen-bond acceptors (Lipinski definition) is 5. The molecular weight excluding hydrogens is 359 g/mol. The molecular formula is C16H18F3NO6. The molecule has 1 heterocycles. The molecule has 1 aliphatic heterocycles. The molecule has 0 unspecified atom stereocenters. The number of carbonyl (C=O) groups is 2. The average Bonchev–Trinajstić information content (AvgIpc) is 2.59. The van der Waals surface area contributed by atoms with Gasteiger partial charge < -0.3 is 24.6 Å². The van der Waals surface area contributed by atoms with Gasteiger partial charge in [-0.3, -0.25) is 4.79 Å². The summed E-state index contributed by atoms with van der Waals surface area (Å²) in [5.41, 5.74) is -1.44. The van der Waals surface area contributed by atoms with Gasteiger partial charge in [0.2, 0.25) is 0 Å². The summed E-state index contributed by atoms with van der Waals surface area (Å²) in [6.45, 7) is -1.67. The number of carboxylic acids is 1. The van der Waals surface area contributed by atoms with Gasteiger partial charge in [0.05, 0.1) is 0 Å². The minimum atomic E-state index is -4.51. The molecule has 0 spiro atoms. The van der Waals surface area contributed by atoms with Crippen molar-refractivity contribution in [2.45, 2.75) is 24.6 Å². The van der Waals surface area contributed by atoms with Crippen molar-refractivity contribution in [2.24, 2.45) is 0 Å². The molecule has 0 aromatic heterocycles. The third-order valence-electron chi connectivity index (χ3n) is 3.73. The average molecular weight is 377 g/mol. The Morgan fingerprint density at radius 2 is 1.73 bits per heavy atom. The van der Waals surface area contributed by atoms with Gasteiger partial charge in [-0.05, 0) is 12.1 Å². The number of halogens is 3. The number of para-hydroxylation sites is 2. The Bertz CT molecular complexity index is 643. The third-order valence-corrected chi connectivity index (χ3v) is 3.73. The number of aliphatic carboxylic acids is 1. The second kappa shape index (κ2) is 8.26. The Morgan fingerprint density at radius 1 is 1.15 bits per heavy atom. The van der Waals surface area contributed by atoms with E-state index in [0.29, 0.717) is 0 Å². The molecule has 1 aliphatic rings. The minimum absolute atomic E-state index is 0.0525. The lowest BCUT2D eigenvalue weighted by molar-refractivity contribution is -0.153. The summed E-state index contributed by atoms with van der Waals surface area (Å²) in [6.07, 6.45) is -4.29. The van der Waals surface area contributed by atoms with E-state index in [2.05, 4.69) is 10.1 Å². The van der Waals surface area contributed by atoms with E-state index in [9.17, 15) is 27.9 Å². The summed E-state index contributed by atoms with van der Waals surface area (Å²) in [5, 5.41) is 11.8. The second-order valence-electron chi connectivity index (χ2n) is 5.69. The first-order chi connectivity index (χ1) is 12.2. The molecule has 0 saturated carbocycles. The normalized spacial score (nSPS) is 16.6. The van der Waals surface area contributed by atoms with Gasteiger partial charge in [0.1, 0.15) is 5.54 Å². The van der Waals surface area contributed by atoms with Crippen molar-refractivity contribution in [1.29, 1.82) is 0 Å². The number of ether oxygens (including phenoxy) is 3. The molecule has 1 aromatic carbocycles. The lowest BCUT2D eigenvalue weighted by Gasteiger charge is -2.33. The maximum atomic E-state index is 12.3. The highest BCUT2D eigenvalue weighted by Crippen LogP contribution is 2.28. The van der Waals surface area contributed by atoms with E-state index in [1.54, 1.807) is 0 Å². The molecule has 144 valence electrons. The number of benzene rings is 1. The van der Waals surface area contributed by atoms with Crippen LogP contribution in [0.2, 0.25) is 0 Å². The highest BCUT2D eigenvalue weighted by Gasteiger charge is 2.41. The lowest BCUT2D eigenvalue weighted by Crippen LogP contribution is -2.58. The zero-order valence-electron chi connectivity index (χ0n) is 13.7. The molecule has 1 amide bonds. The van der Waals surface area contributed by atoms with Gasteiger partial charge in [-0.25, -0.2) is 4.79 Å². The first kappa shape index (κ1) is 19.8. The maximum absolute atomic E-state index is 12.3. The molecule has 2 rings (SSSR count). The van der Waals surface area contributed by atoms with E-state index < -0.39 is 36.8 Å². The Kier molecular flexibility index (Phi) is 6.30.